The number of furan rings is 1. The summed E-state index contributed by atoms with van der Waals surface area (Å²) < 4.78 is 10.3. The Labute approximate surface area is 100 Å². The van der Waals surface area contributed by atoms with Gasteiger partial charge in [-0.15, -0.1) is 0 Å². The standard InChI is InChI=1S/C14H14O3/c1-3-16-14(15)13-9-8-12(17-13)11-6-4-10(2)5-7-11/h4-9H,3H2,1-2H3. The van der Waals surface area contributed by atoms with Crippen molar-refractivity contribution < 1.29 is 13.9 Å². The molecule has 2 aromatic rings. The van der Waals surface area contributed by atoms with Crippen molar-refractivity contribution in [2.45, 2.75) is 13.8 Å². The van der Waals surface area contributed by atoms with E-state index in [9.17, 15) is 4.79 Å². The van der Waals surface area contributed by atoms with Gasteiger partial charge in [-0.25, -0.2) is 4.79 Å². The number of hydrogen-bond acceptors (Lipinski definition) is 3. The number of hydrogen-bond donors (Lipinski definition) is 0. The molecule has 0 atom stereocenters. The first-order chi connectivity index (χ1) is 8.20. The number of carbonyl (C=O) groups excluding carboxylic acids is 1. The third-order valence-electron chi connectivity index (χ3n) is 2.42. The van der Waals surface area contributed by atoms with Crippen LogP contribution in [0, 0.1) is 6.92 Å². The van der Waals surface area contributed by atoms with E-state index in [1.165, 1.54) is 5.56 Å². The zero-order valence-corrected chi connectivity index (χ0v) is 9.90. The SMILES string of the molecule is CCOC(=O)c1ccc(-c2ccc(C)cc2)o1. The maximum Gasteiger partial charge on any atom is 0.374 e. The molecule has 1 aromatic carbocycles. The zero-order chi connectivity index (χ0) is 12.3. The van der Waals surface area contributed by atoms with E-state index >= 15 is 0 Å². The van der Waals surface area contributed by atoms with E-state index in [1.54, 1.807) is 19.1 Å². The maximum absolute atomic E-state index is 11.4. The molecule has 1 heterocycles. The van der Waals surface area contributed by atoms with Crippen molar-refractivity contribution in [2.75, 3.05) is 6.61 Å². The van der Waals surface area contributed by atoms with Gasteiger partial charge in [0.2, 0.25) is 5.76 Å². The van der Waals surface area contributed by atoms with Gasteiger partial charge >= 0.3 is 5.97 Å². The molecule has 3 heteroatoms. The summed E-state index contributed by atoms with van der Waals surface area (Å²) in [5.41, 5.74) is 2.14. The topological polar surface area (TPSA) is 39.4 Å². The minimum Gasteiger partial charge on any atom is -0.460 e. The van der Waals surface area contributed by atoms with E-state index in [2.05, 4.69) is 0 Å². The quantitative estimate of drug-likeness (QED) is 0.758. The molecule has 1 aromatic heterocycles. The van der Waals surface area contributed by atoms with Gasteiger partial charge in [-0.3, -0.25) is 0 Å². The largest absolute Gasteiger partial charge is 0.460 e. The molecule has 0 amide bonds. The molecule has 0 saturated heterocycles. The number of rotatable bonds is 3. The van der Waals surface area contributed by atoms with E-state index in [0.717, 1.165) is 5.56 Å². The Balaban J connectivity index is 2.23. The van der Waals surface area contributed by atoms with Gasteiger partial charge in [-0.05, 0) is 26.0 Å². The first-order valence-electron chi connectivity index (χ1n) is 5.54. The lowest BCUT2D eigenvalue weighted by molar-refractivity contribution is 0.0491. The molecule has 0 aliphatic heterocycles. The minimum atomic E-state index is -0.425. The summed E-state index contributed by atoms with van der Waals surface area (Å²) in [6.45, 7) is 4.14. The summed E-state index contributed by atoms with van der Waals surface area (Å²) in [5.74, 6) is 0.487. The normalized spacial score (nSPS) is 10.2. The second-order valence-corrected chi connectivity index (χ2v) is 3.75. The molecule has 0 saturated carbocycles. The highest BCUT2D eigenvalue weighted by molar-refractivity contribution is 5.87. The van der Waals surface area contributed by atoms with Crippen molar-refractivity contribution in [1.82, 2.24) is 0 Å². The fraction of sp³-hybridized carbons (Fsp3) is 0.214. The van der Waals surface area contributed by atoms with Crippen LogP contribution in [0.25, 0.3) is 11.3 Å². The van der Waals surface area contributed by atoms with E-state index in [4.69, 9.17) is 9.15 Å². The number of esters is 1. The van der Waals surface area contributed by atoms with Gasteiger partial charge in [-0.1, -0.05) is 29.8 Å². The minimum absolute atomic E-state index is 0.238. The molecular weight excluding hydrogens is 216 g/mol. The molecule has 0 aliphatic rings. The number of carbonyl (C=O) groups is 1. The van der Waals surface area contributed by atoms with Crippen LogP contribution in [0.5, 0.6) is 0 Å². The first kappa shape index (κ1) is 11.5. The monoisotopic (exact) mass is 230 g/mol. The van der Waals surface area contributed by atoms with E-state index in [-0.39, 0.29) is 5.76 Å². The predicted octanol–water partition coefficient (Wildman–Crippen LogP) is 3.43. The molecule has 2 rings (SSSR count). The summed E-state index contributed by atoms with van der Waals surface area (Å²) in [4.78, 5) is 11.4. The number of benzene rings is 1. The Morgan fingerprint density at radius 3 is 2.53 bits per heavy atom. The van der Waals surface area contributed by atoms with Crippen LogP contribution in [0.3, 0.4) is 0 Å². The Bertz CT molecular complexity index is 509. The molecule has 0 aliphatic carbocycles. The van der Waals surface area contributed by atoms with Crippen molar-refractivity contribution in [1.29, 1.82) is 0 Å². The molecule has 0 bridgehead atoms. The lowest BCUT2D eigenvalue weighted by Crippen LogP contribution is -2.02. The fourth-order valence-electron chi connectivity index (χ4n) is 1.52. The van der Waals surface area contributed by atoms with Crippen LogP contribution in [0.15, 0.2) is 40.8 Å². The van der Waals surface area contributed by atoms with Gasteiger partial charge < -0.3 is 9.15 Å². The van der Waals surface area contributed by atoms with Gasteiger partial charge in [0.05, 0.1) is 6.61 Å². The molecule has 0 spiro atoms. The van der Waals surface area contributed by atoms with Crippen LogP contribution in [-0.4, -0.2) is 12.6 Å². The van der Waals surface area contributed by atoms with E-state index < -0.39 is 5.97 Å². The summed E-state index contributed by atoms with van der Waals surface area (Å²) in [7, 11) is 0. The molecule has 3 nitrogen and oxygen atoms in total. The van der Waals surface area contributed by atoms with E-state index in [0.29, 0.717) is 12.4 Å². The van der Waals surface area contributed by atoms with Gasteiger partial charge in [0.25, 0.3) is 0 Å². The molecule has 0 radical (unpaired) electrons. The molecule has 17 heavy (non-hydrogen) atoms. The summed E-state index contributed by atoms with van der Waals surface area (Å²) in [6.07, 6.45) is 0. The molecule has 0 N–H and O–H groups in total. The highest BCUT2D eigenvalue weighted by Gasteiger charge is 2.12. The second-order valence-electron chi connectivity index (χ2n) is 3.75. The number of aryl methyl sites for hydroxylation is 1. The average molecular weight is 230 g/mol. The summed E-state index contributed by atoms with van der Waals surface area (Å²) in [6, 6.07) is 11.3. The van der Waals surface area contributed by atoms with Crippen molar-refractivity contribution in [3.05, 3.63) is 47.7 Å². The molecule has 0 unspecified atom stereocenters. The Kier molecular flexibility index (Phi) is 3.28. The predicted molar refractivity (Wildman–Crippen MR) is 64.8 cm³/mol. The Morgan fingerprint density at radius 2 is 1.88 bits per heavy atom. The average Bonchev–Trinajstić information content (AvgIpc) is 2.80. The summed E-state index contributed by atoms with van der Waals surface area (Å²) >= 11 is 0. The van der Waals surface area contributed by atoms with Crippen LogP contribution >= 0.6 is 0 Å². The van der Waals surface area contributed by atoms with Gasteiger partial charge in [-0.2, -0.15) is 0 Å². The van der Waals surface area contributed by atoms with Crippen LogP contribution < -0.4 is 0 Å². The van der Waals surface area contributed by atoms with Crippen LogP contribution in [0.2, 0.25) is 0 Å². The van der Waals surface area contributed by atoms with Crippen molar-refractivity contribution in [2.24, 2.45) is 0 Å². The molecule has 88 valence electrons. The third kappa shape index (κ3) is 2.56. The lowest BCUT2D eigenvalue weighted by Gasteiger charge is -1.99. The zero-order valence-electron chi connectivity index (χ0n) is 9.90. The van der Waals surface area contributed by atoms with Crippen molar-refractivity contribution in [3.8, 4) is 11.3 Å². The lowest BCUT2D eigenvalue weighted by atomic mass is 10.1. The molecular formula is C14H14O3. The van der Waals surface area contributed by atoms with Crippen molar-refractivity contribution >= 4 is 5.97 Å². The van der Waals surface area contributed by atoms with Crippen molar-refractivity contribution in [3.63, 3.8) is 0 Å². The van der Waals surface area contributed by atoms with E-state index in [1.807, 2.05) is 31.2 Å². The van der Waals surface area contributed by atoms with Crippen LogP contribution in [0.1, 0.15) is 23.0 Å². The highest BCUT2D eigenvalue weighted by Crippen LogP contribution is 2.22. The number of ether oxygens (including phenoxy) is 1. The van der Waals surface area contributed by atoms with Gasteiger partial charge in [0.1, 0.15) is 5.76 Å². The first-order valence-corrected chi connectivity index (χ1v) is 5.54. The van der Waals surface area contributed by atoms with Crippen LogP contribution in [-0.2, 0) is 4.74 Å². The van der Waals surface area contributed by atoms with Crippen LogP contribution in [0.4, 0.5) is 0 Å². The maximum atomic E-state index is 11.4. The van der Waals surface area contributed by atoms with Gasteiger partial charge in [0, 0.05) is 5.56 Å². The smallest absolute Gasteiger partial charge is 0.374 e. The fourth-order valence-corrected chi connectivity index (χ4v) is 1.52. The molecule has 0 fully saturated rings. The third-order valence-corrected chi connectivity index (χ3v) is 2.42. The Hall–Kier alpha value is -2.03. The van der Waals surface area contributed by atoms with Gasteiger partial charge in [0.15, 0.2) is 0 Å². The summed E-state index contributed by atoms with van der Waals surface area (Å²) in [5, 5.41) is 0. The second kappa shape index (κ2) is 4.87. The highest BCUT2D eigenvalue weighted by atomic mass is 16.5. The Morgan fingerprint density at radius 1 is 1.18 bits per heavy atom.